The third-order valence-electron chi connectivity index (χ3n) is 4.28. The number of benzene rings is 2. The van der Waals surface area contributed by atoms with Crippen LogP contribution in [0, 0.1) is 0 Å². The van der Waals surface area contributed by atoms with Crippen molar-refractivity contribution >= 4 is 50.6 Å². The Morgan fingerprint density at radius 2 is 2.13 bits per heavy atom. The molecule has 0 aliphatic heterocycles. The summed E-state index contributed by atoms with van der Waals surface area (Å²) < 4.78 is 12.7. The molecule has 0 fully saturated rings. The van der Waals surface area contributed by atoms with Crippen molar-refractivity contribution in [3.8, 4) is 11.5 Å². The van der Waals surface area contributed by atoms with Crippen LogP contribution < -0.4 is 20.8 Å². The minimum absolute atomic E-state index is 0.196. The number of halogens is 2. The number of amides is 1. The maximum atomic E-state index is 13.1. The molecule has 3 rings (SSSR count). The smallest absolute Gasteiger partial charge is 0.282 e. The van der Waals surface area contributed by atoms with Crippen LogP contribution in [0.1, 0.15) is 24.7 Å². The largest absolute Gasteiger partial charge is 0.493 e. The number of ether oxygens (including phenoxy) is 2. The van der Waals surface area contributed by atoms with Crippen LogP contribution in [0.5, 0.6) is 11.5 Å². The second kappa shape index (κ2) is 9.93. The van der Waals surface area contributed by atoms with Crippen LogP contribution in [0.3, 0.4) is 0 Å². The van der Waals surface area contributed by atoms with E-state index >= 15 is 0 Å². The van der Waals surface area contributed by atoms with Crippen LogP contribution in [0.4, 0.5) is 0 Å². The molecule has 0 bridgehead atoms. The highest BCUT2D eigenvalue weighted by molar-refractivity contribution is 9.10. The standard InChI is InChI=1S/C21H20BrClN4O4/c1-3-4-19-26-16-6-5-13(22)9-14(16)21(29)27(19)25-10-12-7-15(23)20(17(8-12)30-2)31-11-18(24)28/h5-10H,3-4,11H2,1-2H3,(H2,24,28). The van der Waals surface area contributed by atoms with Gasteiger partial charge in [0.2, 0.25) is 0 Å². The van der Waals surface area contributed by atoms with E-state index in [1.807, 2.05) is 13.0 Å². The molecule has 3 aromatic rings. The molecule has 0 saturated carbocycles. The maximum Gasteiger partial charge on any atom is 0.282 e. The molecule has 8 nitrogen and oxygen atoms in total. The van der Waals surface area contributed by atoms with E-state index in [4.69, 9.17) is 26.8 Å². The molecule has 0 aliphatic rings. The lowest BCUT2D eigenvalue weighted by molar-refractivity contribution is -0.119. The van der Waals surface area contributed by atoms with E-state index in [-0.39, 0.29) is 22.9 Å². The summed E-state index contributed by atoms with van der Waals surface area (Å²) in [5, 5.41) is 5.03. The van der Waals surface area contributed by atoms with E-state index < -0.39 is 5.91 Å². The van der Waals surface area contributed by atoms with Gasteiger partial charge in [0, 0.05) is 10.9 Å². The number of nitrogens with two attached hydrogens (primary N) is 1. The van der Waals surface area contributed by atoms with E-state index in [2.05, 4.69) is 26.0 Å². The summed E-state index contributed by atoms with van der Waals surface area (Å²) in [5.41, 5.74) is 6.02. The average molecular weight is 508 g/mol. The minimum Gasteiger partial charge on any atom is -0.493 e. The highest BCUT2D eigenvalue weighted by Crippen LogP contribution is 2.36. The number of nitrogens with zero attached hydrogens (tertiary/aromatic N) is 3. The molecule has 10 heteroatoms. The summed E-state index contributed by atoms with van der Waals surface area (Å²) in [6.45, 7) is 1.67. The van der Waals surface area contributed by atoms with Gasteiger partial charge in [0.25, 0.3) is 11.5 Å². The number of methoxy groups -OCH3 is 1. The maximum absolute atomic E-state index is 13.1. The lowest BCUT2D eigenvalue weighted by Gasteiger charge is -2.12. The predicted octanol–water partition coefficient (Wildman–Crippen LogP) is 3.52. The van der Waals surface area contributed by atoms with Crippen molar-refractivity contribution in [2.75, 3.05) is 13.7 Å². The van der Waals surface area contributed by atoms with Crippen LogP contribution in [0.25, 0.3) is 10.9 Å². The van der Waals surface area contributed by atoms with Crippen molar-refractivity contribution in [3.63, 3.8) is 0 Å². The van der Waals surface area contributed by atoms with Gasteiger partial charge in [-0.05, 0) is 42.3 Å². The van der Waals surface area contributed by atoms with E-state index in [1.54, 1.807) is 24.3 Å². The summed E-state index contributed by atoms with van der Waals surface area (Å²) in [7, 11) is 1.44. The summed E-state index contributed by atoms with van der Waals surface area (Å²) in [6, 6.07) is 8.57. The van der Waals surface area contributed by atoms with E-state index in [0.717, 1.165) is 10.9 Å². The summed E-state index contributed by atoms with van der Waals surface area (Å²) in [6.07, 6.45) is 2.87. The number of hydrogen-bond acceptors (Lipinski definition) is 6. The summed E-state index contributed by atoms with van der Waals surface area (Å²) in [5.74, 6) is 0.415. The van der Waals surface area contributed by atoms with E-state index in [0.29, 0.717) is 34.5 Å². The number of primary amides is 1. The highest BCUT2D eigenvalue weighted by Gasteiger charge is 2.14. The zero-order chi connectivity index (χ0) is 22.5. The van der Waals surface area contributed by atoms with Crippen molar-refractivity contribution in [3.05, 3.63) is 61.6 Å². The minimum atomic E-state index is -0.637. The average Bonchev–Trinajstić information content (AvgIpc) is 2.73. The SMILES string of the molecule is CCCc1nc2ccc(Br)cc2c(=O)n1N=Cc1cc(Cl)c(OCC(N)=O)c(OC)c1. The molecule has 2 aromatic carbocycles. The van der Waals surface area contributed by atoms with Gasteiger partial charge in [0.05, 0.1) is 29.2 Å². The number of hydrogen-bond donors (Lipinski definition) is 1. The van der Waals surface area contributed by atoms with Crippen molar-refractivity contribution < 1.29 is 14.3 Å². The van der Waals surface area contributed by atoms with E-state index in [1.165, 1.54) is 18.0 Å². The zero-order valence-corrected chi connectivity index (χ0v) is 19.2. The highest BCUT2D eigenvalue weighted by atomic mass is 79.9. The second-order valence-electron chi connectivity index (χ2n) is 6.59. The summed E-state index contributed by atoms with van der Waals surface area (Å²) in [4.78, 5) is 28.7. The van der Waals surface area contributed by atoms with Crippen LogP contribution in [-0.4, -0.2) is 35.5 Å². The molecule has 0 spiro atoms. The Labute approximate surface area is 191 Å². The van der Waals surface area contributed by atoms with Gasteiger partial charge in [-0.3, -0.25) is 9.59 Å². The van der Waals surface area contributed by atoms with Gasteiger partial charge in [0.15, 0.2) is 18.1 Å². The Morgan fingerprint density at radius 1 is 1.35 bits per heavy atom. The van der Waals surface area contributed by atoms with Crippen molar-refractivity contribution in [2.45, 2.75) is 19.8 Å². The summed E-state index contributed by atoms with van der Waals surface area (Å²) >= 11 is 9.67. The quantitative estimate of drug-likeness (QED) is 0.469. The third-order valence-corrected chi connectivity index (χ3v) is 5.06. The molecule has 31 heavy (non-hydrogen) atoms. The fourth-order valence-corrected chi connectivity index (χ4v) is 3.56. The second-order valence-corrected chi connectivity index (χ2v) is 7.91. The van der Waals surface area contributed by atoms with Crippen molar-refractivity contribution in [1.82, 2.24) is 9.66 Å². The first-order valence-corrected chi connectivity index (χ1v) is 10.5. The molecule has 2 N–H and O–H groups in total. The number of carbonyl (C=O) groups excluding carboxylic acids is 1. The number of carbonyl (C=O) groups is 1. The molecule has 0 aliphatic carbocycles. The monoisotopic (exact) mass is 506 g/mol. The Hall–Kier alpha value is -2.91. The van der Waals surface area contributed by atoms with Crippen molar-refractivity contribution in [1.29, 1.82) is 0 Å². The van der Waals surface area contributed by atoms with E-state index in [9.17, 15) is 9.59 Å². The molecule has 1 aromatic heterocycles. The first-order chi connectivity index (χ1) is 14.8. The van der Waals surface area contributed by atoms with Gasteiger partial charge in [-0.15, -0.1) is 0 Å². The number of aromatic nitrogens is 2. The van der Waals surface area contributed by atoms with Gasteiger partial charge in [-0.1, -0.05) is 34.5 Å². The van der Waals surface area contributed by atoms with Crippen LogP contribution >= 0.6 is 27.5 Å². The molecule has 1 amide bonds. The van der Waals surface area contributed by atoms with Crippen molar-refractivity contribution in [2.24, 2.45) is 10.8 Å². The Balaban J connectivity index is 2.05. The third kappa shape index (κ3) is 5.23. The van der Waals surface area contributed by atoms with Crippen LogP contribution in [0.2, 0.25) is 5.02 Å². The van der Waals surface area contributed by atoms with Gasteiger partial charge in [-0.25, -0.2) is 4.98 Å². The number of aryl methyl sites for hydroxylation is 1. The topological polar surface area (TPSA) is 109 Å². The molecule has 1 heterocycles. The van der Waals surface area contributed by atoms with Crippen LogP contribution in [-0.2, 0) is 11.2 Å². The molecule has 162 valence electrons. The number of fused-ring (bicyclic) bond motifs is 1. The van der Waals surface area contributed by atoms with Crippen LogP contribution in [0.15, 0.2) is 44.7 Å². The molecule has 0 saturated heterocycles. The Bertz CT molecular complexity index is 1230. The predicted molar refractivity (Wildman–Crippen MR) is 123 cm³/mol. The fraction of sp³-hybridized carbons (Fsp3) is 0.238. The fourth-order valence-electron chi connectivity index (χ4n) is 2.92. The lowest BCUT2D eigenvalue weighted by atomic mass is 10.2. The molecule has 0 atom stereocenters. The first kappa shape index (κ1) is 22.8. The lowest BCUT2D eigenvalue weighted by Crippen LogP contribution is -2.22. The normalized spacial score (nSPS) is 11.2. The molecule has 0 radical (unpaired) electrons. The Kier molecular flexibility index (Phi) is 7.29. The zero-order valence-electron chi connectivity index (χ0n) is 16.9. The molecule has 0 unspecified atom stereocenters. The van der Waals surface area contributed by atoms with Gasteiger partial charge >= 0.3 is 0 Å². The Morgan fingerprint density at radius 3 is 2.81 bits per heavy atom. The van der Waals surface area contributed by atoms with Gasteiger partial charge in [-0.2, -0.15) is 9.78 Å². The number of rotatable bonds is 8. The van der Waals surface area contributed by atoms with Gasteiger partial charge < -0.3 is 15.2 Å². The molecular formula is C21H20BrClN4O4. The first-order valence-electron chi connectivity index (χ1n) is 9.38. The van der Waals surface area contributed by atoms with Gasteiger partial charge in [0.1, 0.15) is 5.82 Å². The molecular weight excluding hydrogens is 488 g/mol.